The van der Waals surface area contributed by atoms with Crippen LogP contribution < -0.4 is 5.32 Å². The molecule has 0 radical (unpaired) electrons. The van der Waals surface area contributed by atoms with Crippen molar-refractivity contribution in [2.24, 2.45) is 0 Å². The van der Waals surface area contributed by atoms with E-state index in [4.69, 9.17) is 10.4 Å². The molecule has 0 aromatic rings. The van der Waals surface area contributed by atoms with Gasteiger partial charge in [0.2, 0.25) is 0 Å². The van der Waals surface area contributed by atoms with E-state index in [0.29, 0.717) is 0 Å². The van der Waals surface area contributed by atoms with Gasteiger partial charge >= 0.3 is 5.97 Å². The molecule has 1 aliphatic rings. The molecule has 0 amide bonds. The van der Waals surface area contributed by atoms with Gasteiger partial charge in [-0.3, -0.25) is 4.79 Å². The topological polar surface area (TPSA) is 76.4 Å². The van der Waals surface area contributed by atoms with Gasteiger partial charge in [-0.1, -0.05) is 0 Å². The monoisotopic (exact) mass is 185 g/mol. The number of aliphatic carboxylic acids is 1. The molecule has 0 aliphatic carbocycles. The average molecular weight is 185 g/mol. The number of carboxylic acid groups (broad SMARTS) is 1. The van der Waals surface area contributed by atoms with E-state index in [-0.39, 0.29) is 0 Å². The molecule has 0 unspecified atom stereocenters. The van der Waals surface area contributed by atoms with E-state index >= 15 is 0 Å². The van der Waals surface area contributed by atoms with Crippen molar-refractivity contribution in [3.05, 3.63) is 0 Å². The van der Waals surface area contributed by atoms with Gasteiger partial charge in [-0.2, -0.15) is 5.26 Å². The zero-order valence-corrected chi connectivity index (χ0v) is 7.79. The molecule has 5 nitrogen and oxygen atoms in total. The Hall–Kier alpha value is -1.12. The van der Waals surface area contributed by atoms with Crippen LogP contribution >= 0.6 is 0 Å². The van der Waals surface area contributed by atoms with Gasteiger partial charge in [0, 0.05) is 26.2 Å². The van der Waals surface area contributed by atoms with E-state index in [1.54, 1.807) is 0 Å². The SMILES string of the molecule is CN1CCNCC1.N#CCC(=O)O. The zero-order chi connectivity index (χ0) is 10.1. The van der Waals surface area contributed by atoms with Gasteiger partial charge in [0.05, 0.1) is 6.07 Å². The Labute approximate surface area is 78.0 Å². The molecule has 0 aromatic carbocycles. The molecule has 2 N–H and O–H groups in total. The molecule has 0 aromatic heterocycles. The van der Waals surface area contributed by atoms with Crippen LogP contribution in [0.4, 0.5) is 0 Å². The summed E-state index contributed by atoms with van der Waals surface area (Å²) in [7, 11) is 2.15. The molecule has 0 bridgehead atoms. The normalized spacial score (nSPS) is 16.6. The number of nitriles is 1. The number of nitrogens with one attached hydrogen (secondary N) is 1. The maximum absolute atomic E-state index is 9.38. The van der Waals surface area contributed by atoms with Crippen molar-refractivity contribution >= 4 is 5.97 Å². The summed E-state index contributed by atoms with van der Waals surface area (Å²) in [6.45, 7) is 4.74. The quantitative estimate of drug-likeness (QED) is 0.576. The number of rotatable bonds is 1. The average Bonchev–Trinajstić information content (AvgIpc) is 2.06. The highest BCUT2D eigenvalue weighted by Crippen LogP contribution is 1.83. The summed E-state index contributed by atoms with van der Waals surface area (Å²) in [6.07, 6.45) is -0.403. The first-order valence-corrected chi connectivity index (χ1v) is 4.15. The van der Waals surface area contributed by atoms with E-state index < -0.39 is 12.4 Å². The fourth-order valence-corrected chi connectivity index (χ4v) is 0.844. The summed E-state index contributed by atoms with van der Waals surface area (Å²) in [5.41, 5.74) is 0. The number of piperazine rings is 1. The van der Waals surface area contributed by atoms with Gasteiger partial charge in [0.1, 0.15) is 6.42 Å². The first-order chi connectivity index (χ1) is 6.16. The summed E-state index contributed by atoms with van der Waals surface area (Å²) >= 11 is 0. The number of hydrogen-bond acceptors (Lipinski definition) is 4. The highest BCUT2D eigenvalue weighted by atomic mass is 16.4. The van der Waals surface area contributed by atoms with Crippen molar-refractivity contribution < 1.29 is 9.90 Å². The van der Waals surface area contributed by atoms with Crippen LogP contribution in [0.3, 0.4) is 0 Å². The number of nitrogens with zero attached hydrogens (tertiary/aromatic N) is 2. The molecule has 74 valence electrons. The van der Waals surface area contributed by atoms with Crippen LogP contribution in [0.15, 0.2) is 0 Å². The van der Waals surface area contributed by atoms with E-state index in [1.807, 2.05) is 0 Å². The molecular weight excluding hydrogens is 170 g/mol. The van der Waals surface area contributed by atoms with Crippen molar-refractivity contribution in [3.8, 4) is 6.07 Å². The summed E-state index contributed by atoms with van der Waals surface area (Å²) in [5, 5.41) is 18.6. The second-order valence-corrected chi connectivity index (χ2v) is 2.78. The van der Waals surface area contributed by atoms with Crippen LogP contribution in [0, 0.1) is 11.3 Å². The Morgan fingerprint density at radius 3 is 2.31 bits per heavy atom. The summed E-state index contributed by atoms with van der Waals surface area (Å²) < 4.78 is 0. The van der Waals surface area contributed by atoms with Crippen LogP contribution in [0.5, 0.6) is 0 Å². The lowest BCUT2D eigenvalue weighted by Gasteiger charge is -2.21. The predicted octanol–water partition coefficient (Wildman–Crippen LogP) is -0.494. The minimum atomic E-state index is -1.07. The van der Waals surface area contributed by atoms with Crippen LogP contribution in [-0.4, -0.2) is 49.2 Å². The van der Waals surface area contributed by atoms with Gasteiger partial charge in [0.25, 0.3) is 0 Å². The lowest BCUT2D eigenvalue weighted by atomic mass is 10.4. The smallest absolute Gasteiger partial charge is 0.317 e. The molecule has 1 saturated heterocycles. The van der Waals surface area contributed by atoms with Crippen molar-refractivity contribution in [2.75, 3.05) is 33.2 Å². The predicted molar refractivity (Wildman–Crippen MR) is 48.2 cm³/mol. The molecule has 5 heteroatoms. The second kappa shape index (κ2) is 7.53. The standard InChI is InChI=1S/C5H12N2.C3H3NO2/c1-7-4-2-6-3-5-7;4-2-1-3(5)6/h6H,2-5H2,1H3;1H2,(H,5,6). The molecule has 0 saturated carbocycles. The number of likely N-dealkylation sites (N-methyl/N-ethyl adjacent to an activating group) is 1. The van der Waals surface area contributed by atoms with Crippen LogP contribution in [0.2, 0.25) is 0 Å². The highest BCUT2D eigenvalue weighted by Gasteiger charge is 2.01. The Kier molecular flexibility index (Phi) is 6.88. The van der Waals surface area contributed by atoms with Gasteiger partial charge in [-0.05, 0) is 7.05 Å². The Morgan fingerprint density at radius 2 is 2.15 bits per heavy atom. The minimum absolute atomic E-state index is 0.403. The lowest BCUT2D eigenvalue weighted by molar-refractivity contribution is -0.135. The Morgan fingerprint density at radius 1 is 1.62 bits per heavy atom. The molecule has 0 atom stereocenters. The van der Waals surface area contributed by atoms with Crippen LogP contribution in [0.1, 0.15) is 6.42 Å². The highest BCUT2D eigenvalue weighted by molar-refractivity contribution is 5.69. The third kappa shape index (κ3) is 8.79. The van der Waals surface area contributed by atoms with E-state index in [2.05, 4.69) is 17.3 Å². The van der Waals surface area contributed by atoms with E-state index in [1.165, 1.54) is 19.2 Å². The summed E-state index contributed by atoms with van der Waals surface area (Å²) in [6, 6.07) is 1.47. The third-order valence-electron chi connectivity index (χ3n) is 1.57. The number of carbonyl (C=O) groups is 1. The van der Waals surface area contributed by atoms with Crippen LogP contribution in [-0.2, 0) is 4.79 Å². The van der Waals surface area contributed by atoms with E-state index in [9.17, 15) is 4.79 Å². The maximum atomic E-state index is 9.38. The first kappa shape index (κ1) is 11.9. The van der Waals surface area contributed by atoms with E-state index in [0.717, 1.165) is 13.1 Å². The minimum Gasteiger partial charge on any atom is -0.480 e. The largest absolute Gasteiger partial charge is 0.480 e. The molecule has 1 aliphatic heterocycles. The Bertz CT molecular complexity index is 182. The van der Waals surface area contributed by atoms with Gasteiger partial charge < -0.3 is 15.3 Å². The molecule has 0 spiro atoms. The maximum Gasteiger partial charge on any atom is 0.317 e. The van der Waals surface area contributed by atoms with Crippen molar-refractivity contribution in [1.82, 2.24) is 10.2 Å². The Balaban J connectivity index is 0.000000226. The zero-order valence-electron chi connectivity index (χ0n) is 7.79. The first-order valence-electron chi connectivity index (χ1n) is 4.15. The number of hydrogen-bond donors (Lipinski definition) is 2. The molecule has 1 fully saturated rings. The molecule has 1 rings (SSSR count). The second-order valence-electron chi connectivity index (χ2n) is 2.78. The summed E-state index contributed by atoms with van der Waals surface area (Å²) in [5.74, 6) is -1.07. The third-order valence-corrected chi connectivity index (χ3v) is 1.57. The van der Waals surface area contributed by atoms with Crippen LogP contribution in [0.25, 0.3) is 0 Å². The molecule has 13 heavy (non-hydrogen) atoms. The van der Waals surface area contributed by atoms with Crippen molar-refractivity contribution in [3.63, 3.8) is 0 Å². The lowest BCUT2D eigenvalue weighted by Crippen LogP contribution is -2.40. The van der Waals surface area contributed by atoms with Gasteiger partial charge in [0.15, 0.2) is 0 Å². The summed E-state index contributed by atoms with van der Waals surface area (Å²) in [4.78, 5) is 11.7. The molecular formula is C8H15N3O2. The van der Waals surface area contributed by atoms with Crippen molar-refractivity contribution in [1.29, 1.82) is 5.26 Å². The molecule has 1 heterocycles. The van der Waals surface area contributed by atoms with Gasteiger partial charge in [-0.15, -0.1) is 0 Å². The number of carboxylic acids is 1. The fourth-order valence-electron chi connectivity index (χ4n) is 0.844. The fraction of sp³-hybridized carbons (Fsp3) is 0.750. The van der Waals surface area contributed by atoms with Crippen molar-refractivity contribution in [2.45, 2.75) is 6.42 Å². The van der Waals surface area contributed by atoms with Gasteiger partial charge in [-0.25, -0.2) is 0 Å².